The number of amides is 1. The van der Waals surface area contributed by atoms with Gasteiger partial charge in [-0.15, -0.1) is 0 Å². The number of carbonyl (C=O) groups is 1. The molecule has 4 rings (SSSR count). The molecule has 1 amide bonds. The number of hydrogen-bond acceptors (Lipinski definition) is 6. The molecule has 2 heterocycles. The molecule has 0 saturated carbocycles. The summed E-state index contributed by atoms with van der Waals surface area (Å²) >= 11 is 0. The number of benzene rings is 2. The van der Waals surface area contributed by atoms with Crippen LogP contribution in [0.3, 0.4) is 0 Å². The summed E-state index contributed by atoms with van der Waals surface area (Å²) < 4.78 is 25.2. The highest BCUT2D eigenvalue weighted by atomic mass is 19.1. The minimum atomic E-state index is -0.394. The van der Waals surface area contributed by atoms with E-state index in [1.165, 1.54) is 18.5 Å². The highest BCUT2D eigenvalue weighted by Gasteiger charge is 2.14. The molecule has 0 saturated heterocycles. The van der Waals surface area contributed by atoms with Crippen molar-refractivity contribution in [3.05, 3.63) is 66.9 Å². The normalized spacial score (nSPS) is 10.7. The number of ether oxygens (including phenoxy) is 1. The van der Waals surface area contributed by atoms with Crippen molar-refractivity contribution < 1.29 is 18.4 Å². The fourth-order valence-corrected chi connectivity index (χ4v) is 2.67. The average Bonchev–Trinajstić information content (AvgIpc) is 3.38. The minimum absolute atomic E-state index is 0.0631. The Balaban J connectivity index is 1.42. The predicted octanol–water partition coefficient (Wildman–Crippen LogP) is 3.39. The van der Waals surface area contributed by atoms with Crippen LogP contribution in [0.15, 0.2) is 65.6 Å². The molecule has 0 atom stereocenters. The Kier molecular flexibility index (Phi) is 5.02. The fourth-order valence-electron chi connectivity index (χ4n) is 2.67. The second kappa shape index (κ2) is 7.93. The number of nitrogens with zero attached hydrogens (tertiary/aromatic N) is 4. The number of rotatable bonds is 6. The number of anilines is 1. The zero-order chi connectivity index (χ0) is 20.2. The molecule has 0 bridgehead atoms. The zero-order valence-electron chi connectivity index (χ0n) is 15.4. The first-order valence-corrected chi connectivity index (χ1v) is 8.66. The number of methoxy groups -OCH3 is 1. The number of imidazole rings is 1. The molecule has 0 radical (unpaired) electrons. The van der Waals surface area contributed by atoms with E-state index >= 15 is 0 Å². The first-order valence-electron chi connectivity index (χ1n) is 8.66. The molecule has 4 aromatic rings. The molecule has 146 valence electrons. The highest BCUT2D eigenvalue weighted by molar-refractivity contribution is 5.90. The van der Waals surface area contributed by atoms with Crippen LogP contribution in [0.25, 0.3) is 23.0 Å². The summed E-state index contributed by atoms with van der Waals surface area (Å²) in [6.45, 7) is 0.0631. The maximum absolute atomic E-state index is 13.4. The molecule has 1 N–H and O–H groups in total. The van der Waals surface area contributed by atoms with E-state index in [1.807, 2.05) is 0 Å². The summed E-state index contributed by atoms with van der Waals surface area (Å²) in [4.78, 5) is 20.7. The number of nitrogens with one attached hydrogen (secondary N) is 1. The van der Waals surface area contributed by atoms with Gasteiger partial charge in [0.05, 0.1) is 13.4 Å². The maximum atomic E-state index is 13.4. The zero-order valence-corrected chi connectivity index (χ0v) is 15.4. The van der Waals surface area contributed by atoms with E-state index in [9.17, 15) is 9.18 Å². The Morgan fingerprint density at radius 3 is 2.83 bits per heavy atom. The first kappa shape index (κ1) is 18.4. The molecule has 8 nitrogen and oxygen atoms in total. The molecule has 0 aliphatic heterocycles. The van der Waals surface area contributed by atoms with Gasteiger partial charge in [0.2, 0.25) is 11.7 Å². The Bertz CT molecular complexity index is 1140. The van der Waals surface area contributed by atoms with Crippen molar-refractivity contribution in [2.24, 2.45) is 0 Å². The van der Waals surface area contributed by atoms with Gasteiger partial charge in [-0.2, -0.15) is 4.98 Å². The van der Waals surface area contributed by atoms with Crippen LogP contribution in [0.4, 0.5) is 10.1 Å². The van der Waals surface area contributed by atoms with Crippen LogP contribution >= 0.6 is 0 Å². The van der Waals surface area contributed by atoms with Crippen molar-refractivity contribution in [2.75, 3.05) is 12.4 Å². The molecular weight excluding hydrogens is 377 g/mol. The summed E-state index contributed by atoms with van der Waals surface area (Å²) in [7, 11) is 1.58. The third-order valence-corrected chi connectivity index (χ3v) is 4.06. The third kappa shape index (κ3) is 4.29. The largest absolute Gasteiger partial charge is 0.497 e. The van der Waals surface area contributed by atoms with Gasteiger partial charge in [-0.05, 0) is 42.5 Å². The molecule has 0 aliphatic rings. The predicted molar refractivity (Wildman–Crippen MR) is 103 cm³/mol. The molecule has 0 aliphatic carbocycles. The van der Waals surface area contributed by atoms with E-state index in [2.05, 4.69) is 20.4 Å². The lowest BCUT2D eigenvalue weighted by Crippen LogP contribution is -2.17. The van der Waals surface area contributed by atoms with Gasteiger partial charge in [0.25, 0.3) is 5.89 Å². The lowest BCUT2D eigenvalue weighted by Gasteiger charge is -2.06. The average molecular weight is 393 g/mol. The molecule has 0 spiro atoms. The van der Waals surface area contributed by atoms with Gasteiger partial charge < -0.3 is 19.1 Å². The van der Waals surface area contributed by atoms with Crippen molar-refractivity contribution >= 4 is 11.6 Å². The van der Waals surface area contributed by atoms with E-state index in [0.717, 1.165) is 0 Å². The van der Waals surface area contributed by atoms with Crippen LogP contribution in [0, 0.1) is 5.82 Å². The Morgan fingerprint density at radius 1 is 1.24 bits per heavy atom. The van der Waals surface area contributed by atoms with E-state index in [1.54, 1.807) is 54.3 Å². The summed E-state index contributed by atoms with van der Waals surface area (Å²) in [5, 5.41) is 6.67. The van der Waals surface area contributed by atoms with E-state index in [0.29, 0.717) is 22.7 Å². The number of hydrogen-bond donors (Lipinski definition) is 1. The van der Waals surface area contributed by atoms with Crippen LogP contribution in [0.5, 0.6) is 5.75 Å². The van der Waals surface area contributed by atoms with Crippen molar-refractivity contribution in [3.8, 4) is 28.7 Å². The van der Waals surface area contributed by atoms with Gasteiger partial charge in [0, 0.05) is 17.4 Å². The summed E-state index contributed by atoms with van der Waals surface area (Å²) in [5.74, 6) is 0.534. The summed E-state index contributed by atoms with van der Waals surface area (Å²) in [5.41, 5.74) is 1.57. The van der Waals surface area contributed by atoms with Gasteiger partial charge in [-0.25, -0.2) is 9.37 Å². The minimum Gasteiger partial charge on any atom is -0.497 e. The van der Waals surface area contributed by atoms with Gasteiger partial charge in [-0.3, -0.25) is 4.79 Å². The quantitative estimate of drug-likeness (QED) is 0.540. The molecule has 0 fully saturated rings. The van der Waals surface area contributed by atoms with Gasteiger partial charge in [-0.1, -0.05) is 11.2 Å². The lowest BCUT2D eigenvalue weighted by atomic mass is 10.2. The standard InChI is InChI=1S/C20H16FN5O3/c1-28-16-7-5-15(6-8-16)23-18(27)11-26-10-17(22-12-26)19-24-20(29-25-19)13-3-2-4-14(21)9-13/h2-10,12H,11H2,1H3,(H,23,27). The molecule has 2 aromatic carbocycles. The Labute approximate surface area is 165 Å². The Morgan fingerprint density at radius 2 is 2.07 bits per heavy atom. The monoisotopic (exact) mass is 393 g/mol. The van der Waals surface area contributed by atoms with Crippen LogP contribution < -0.4 is 10.1 Å². The van der Waals surface area contributed by atoms with Crippen LogP contribution in [-0.2, 0) is 11.3 Å². The van der Waals surface area contributed by atoms with E-state index < -0.39 is 5.82 Å². The number of halogens is 1. The van der Waals surface area contributed by atoms with Gasteiger partial charge >= 0.3 is 0 Å². The van der Waals surface area contributed by atoms with Crippen LogP contribution in [0.1, 0.15) is 0 Å². The maximum Gasteiger partial charge on any atom is 0.258 e. The van der Waals surface area contributed by atoms with E-state index in [4.69, 9.17) is 9.26 Å². The second-order valence-corrected chi connectivity index (χ2v) is 6.14. The topological polar surface area (TPSA) is 95.1 Å². The fraction of sp³-hybridized carbons (Fsp3) is 0.100. The van der Waals surface area contributed by atoms with Crippen molar-refractivity contribution in [3.63, 3.8) is 0 Å². The lowest BCUT2D eigenvalue weighted by molar-refractivity contribution is -0.116. The third-order valence-electron chi connectivity index (χ3n) is 4.06. The second-order valence-electron chi connectivity index (χ2n) is 6.14. The molecule has 9 heteroatoms. The smallest absolute Gasteiger partial charge is 0.258 e. The first-order chi connectivity index (χ1) is 14.1. The summed E-state index contributed by atoms with van der Waals surface area (Å²) in [6.07, 6.45) is 3.13. The highest BCUT2D eigenvalue weighted by Crippen LogP contribution is 2.22. The molecule has 0 unspecified atom stereocenters. The van der Waals surface area contributed by atoms with Gasteiger partial charge in [0.1, 0.15) is 23.8 Å². The van der Waals surface area contributed by atoms with E-state index in [-0.39, 0.29) is 24.2 Å². The summed E-state index contributed by atoms with van der Waals surface area (Å²) in [6, 6.07) is 12.9. The molecule has 29 heavy (non-hydrogen) atoms. The van der Waals surface area contributed by atoms with Crippen molar-refractivity contribution in [1.29, 1.82) is 0 Å². The number of aromatic nitrogens is 4. The Hall–Kier alpha value is -4.01. The van der Waals surface area contributed by atoms with Gasteiger partial charge in [0.15, 0.2) is 0 Å². The van der Waals surface area contributed by atoms with Crippen LogP contribution in [-0.4, -0.2) is 32.7 Å². The van der Waals surface area contributed by atoms with Crippen molar-refractivity contribution in [2.45, 2.75) is 6.54 Å². The molecular formula is C20H16FN5O3. The van der Waals surface area contributed by atoms with Crippen molar-refractivity contribution in [1.82, 2.24) is 19.7 Å². The molecule has 2 aromatic heterocycles. The SMILES string of the molecule is COc1ccc(NC(=O)Cn2cnc(-c3noc(-c4cccc(F)c4)n3)c2)cc1. The number of carbonyl (C=O) groups excluding carboxylic acids is 1. The van der Waals surface area contributed by atoms with Crippen LogP contribution in [0.2, 0.25) is 0 Å².